The number of hydrogen-bond donors (Lipinski definition) is 2. The second-order valence-electron chi connectivity index (χ2n) is 5.18. The molecule has 1 amide bonds. The van der Waals surface area contributed by atoms with E-state index >= 15 is 0 Å². The second-order valence-corrected chi connectivity index (χ2v) is 6.81. The lowest BCUT2D eigenvalue weighted by Gasteiger charge is -2.31. The maximum absolute atomic E-state index is 12.2. The number of ether oxygens (including phenoxy) is 1. The maximum Gasteiger partial charge on any atom is 0.421 e. The molecule has 1 saturated heterocycles. The van der Waals surface area contributed by atoms with Gasteiger partial charge in [0.25, 0.3) is 0 Å². The van der Waals surface area contributed by atoms with Gasteiger partial charge in [0.2, 0.25) is 0 Å². The number of hydrogen-bond acceptors (Lipinski definition) is 5. The molecule has 7 nitrogen and oxygen atoms in total. The van der Waals surface area contributed by atoms with Crippen LogP contribution in [0.5, 0.6) is 0 Å². The molecule has 0 atom stereocenters. The fourth-order valence-electron chi connectivity index (χ4n) is 2.23. The van der Waals surface area contributed by atoms with Gasteiger partial charge in [-0.25, -0.2) is 9.52 Å². The zero-order valence-electron chi connectivity index (χ0n) is 12.4. The van der Waals surface area contributed by atoms with Crippen molar-refractivity contribution in [1.29, 1.82) is 0 Å². The number of piperidine rings is 1. The van der Waals surface area contributed by atoms with E-state index in [0.717, 1.165) is 25.9 Å². The second kappa shape index (κ2) is 7.80. The fraction of sp³-hybridized carbons (Fsp3) is 0.917. The van der Waals surface area contributed by atoms with E-state index in [1.54, 1.807) is 20.8 Å². The molecule has 1 heterocycles. The van der Waals surface area contributed by atoms with Crippen molar-refractivity contribution in [2.75, 3.05) is 26.2 Å². The van der Waals surface area contributed by atoms with Crippen LogP contribution in [0.3, 0.4) is 0 Å². The normalized spacial score (nSPS) is 17.4. The van der Waals surface area contributed by atoms with E-state index in [1.165, 1.54) is 4.31 Å². The van der Waals surface area contributed by atoms with E-state index in [-0.39, 0.29) is 12.6 Å². The molecule has 1 aliphatic heterocycles. The Balaban J connectivity index is 2.70. The van der Waals surface area contributed by atoms with Gasteiger partial charge in [-0.2, -0.15) is 12.7 Å². The van der Waals surface area contributed by atoms with Crippen LogP contribution in [0.15, 0.2) is 0 Å². The van der Waals surface area contributed by atoms with Gasteiger partial charge in [-0.05, 0) is 52.6 Å². The monoisotopic (exact) mass is 307 g/mol. The minimum Gasteiger partial charge on any atom is -0.449 e. The summed E-state index contributed by atoms with van der Waals surface area (Å²) in [5.74, 6) is 0.317. The van der Waals surface area contributed by atoms with Crippen LogP contribution >= 0.6 is 0 Å². The van der Waals surface area contributed by atoms with Crippen molar-refractivity contribution in [1.82, 2.24) is 14.3 Å². The maximum atomic E-state index is 12.2. The highest BCUT2D eigenvalue weighted by Gasteiger charge is 2.30. The van der Waals surface area contributed by atoms with Crippen LogP contribution in [0.4, 0.5) is 4.79 Å². The van der Waals surface area contributed by atoms with Crippen molar-refractivity contribution in [2.45, 2.75) is 39.7 Å². The Morgan fingerprint density at radius 1 is 1.40 bits per heavy atom. The third-order valence-electron chi connectivity index (χ3n) is 3.27. The molecular weight excluding hydrogens is 282 g/mol. The Bertz CT molecular complexity index is 405. The van der Waals surface area contributed by atoms with E-state index in [4.69, 9.17) is 0 Å². The molecule has 0 aliphatic carbocycles. The number of carbonyl (C=O) groups excluding carboxylic acids is 1. The van der Waals surface area contributed by atoms with Gasteiger partial charge in [-0.1, -0.05) is 0 Å². The average molecular weight is 307 g/mol. The summed E-state index contributed by atoms with van der Waals surface area (Å²) >= 11 is 0. The molecule has 0 bridgehead atoms. The quantitative estimate of drug-likeness (QED) is 0.754. The van der Waals surface area contributed by atoms with Crippen LogP contribution in [-0.2, 0) is 14.9 Å². The fourth-order valence-corrected chi connectivity index (χ4v) is 3.58. The zero-order valence-corrected chi connectivity index (χ0v) is 13.2. The van der Waals surface area contributed by atoms with Gasteiger partial charge in [0.1, 0.15) is 0 Å². The van der Waals surface area contributed by atoms with Crippen molar-refractivity contribution < 1.29 is 17.9 Å². The van der Waals surface area contributed by atoms with Crippen LogP contribution in [0, 0.1) is 5.92 Å². The van der Waals surface area contributed by atoms with E-state index in [9.17, 15) is 13.2 Å². The third kappa shape index (κ3) is 5.26. The number of rotatable bonds is 6. The van der Waals surface area contributed by atoms with Gasteiger partial charge >= 0.3 is 16.3 Å². The molecule has 1 rings (SSSR count). The number of carbonyl (C=O) groups is 1. The van der Waals surface area contributed by atoms with E-state index in [2.05, 4.69) is 10.1 Å². The first kappa shape index (κ1) is 17.2. The lowest BCUT2D eigenvalue weighted by atomic mass is 9.98. The molecular formula is C12H25N3O4S. The van der Waals surface area contributed by atoms with Crippen LogP contribution < -0.4 is 10.0 Å². The number of amides is 1. The van der Waals surface area contributed by atoms with Gasteiger partial charge in [0.05, 0.1) is 6.61 Å². The summed E-state index contributed by atoms with van der Waals surface area (Å²) in [5, 5.41) is 3.25. The lowest BCUT2D eigenvalue weighted by Crippen LogP contribution is -2.49. The van der Waals surface area contributed by atoms with E-state index < -0.39 is 16.3 Å². The van der Waals surface area contributed by atoms with Crippen LogP contribution in [0.2, 0.25) is 0 Å². The molecule has 0 saturated carbocycles. The standard InChI is InChI=1S/C12H25N3O4S/c1-4-19-12(16)14-20(17,18)15(10(2)3)9-11-5-7-13-8-6-11/h10-11,13H,4-9H2,1-3H3,(H,14,16). The summed E-state index contributed by atoms with van der Waals surface area (Å²) in [7, 11) is -3.85. The molecule has 20 heavy (non-hydrogen) atoms. The zero-order chi connectivity index (χ0) is 15.2. The summed E-state index contributed by atoms with van der Waals surface area (Å²) < 4.78 is 32.4. The lowest BCUT2D eigenvalue weighted by molar-refractivity contribution is 0.157. The largest absolute Gasteiger partial charge is 0.449 e. The Morgan fingerprint density at radius 3 is 2.50 bits per heavy atom. The first-order valence-electron chi connectivity index (χ1n) is 7.04. The van der Waals surface area contributed by atoms with Gasteiger partial charge in [-0.15, -0.1) is 0 Å². The molecule has 2 N–H and O–H groups in total. The van der Waals surface area contributed by atoms with E-state index in [0.29, 0.717) is 12.5 Å². The summed E-state index contributed by atoms with van der Waals surface area (Å²) in [4.78, 5) is 11.3. The molecule has 0 aromatic heterocycles. The van der Waals surface area contributed by atoms with Crippen LogP contribution in [-0.4, -0.2) is 51.1 Å². The van der Waals surface area contributed by atoms with Gasteiger partial charge < -0.3 is 10.1 Å². The molecule has 1 fully saturated rings. The van der Waals surface area contributed by atoms with Gasteiger partial charge in [0.15, 0.2) is 0 Å². The summed E-state index contributed by atoms with van der Waals surface area (Å²) in [6.07, 6.45) is 0.958. The Hall–Kier alpha value is -0.860. The Kier molecular flexibility index (Phi) is 6.70. The van der Waals surface area contributed by atoms with Crippen molar-refractivity contribution in [2.24, 2.45) is 5.92 Å². The molecule has 0 spiro atoms. The van der Waals surface area contributed by atoms with E-state index in [1.807, 2.05) is 4.72 Å². The van der Waals surface area contributed by atoms with Crippen molar-refractivity contribution in [3.05, 3.63) is 0 Å². The molecule has 8 heteroatoms. The first-order valence-corrected chi connectivity index (χ1v) is 8.48. The Morgan fingerprint density at radius 2 is 2.00 bits per heavy atom. The predicted octanol–water partition coefficient (Wildman–Crippen LogP) is 0.687. The minimum atomic E-state index is -3.85. The minimum absolute atomic E-state index is 0.136. The SMILES string of the molecule is CCOC(=O)NS(=O)(=O)N(CC1CCNCC1)C(C)C. The highest BCUT2D eigenvalue weighted by atomic mass is 32.2. The molecule has 0 aromatic carbocycles. The summed E-state index contributed by atoms with van der Waals surface area (Å²) in [6.45, 7) is 7.59. The summed E-state index contributed by atoms with van der Waals surface area (Å²) in [5.41, 5.74) is 0. The predicted molar refractivity (Wildman–Crippen MR) is 76.5 cm³/mol. The molecule has 0 unspecified atom stereocenters. The topological polar surface area (TPSA) is 87.7 Å². The highest BCUT2D eigenvalue weighted by molar-refractivity contribution is 7.87. The molecule has 1 aliphatic rings. The highest BCUT2D eigenvalue weighted by Crippen LogP contribution is 2.17. The van der Waals surface area contributed by atoms with Gasteiger partial charge in [0, 0.05) is 12.6 Å². The van der Waals surface area contributed by atoms with Gasteiger partial charge in [-0.3, -0.25) is 0 Å². The average Bonchev–Trinajstić information content (AvgIpc) is 2.36. The third-order valence-corrected chi connectivity index (χ3v) is 4.88. The van der Waals surface area contributed by atoms with Crippen LogP contribution in [0.1, 0.15) is 33.6 Å². The van der Waals surface area contributed by atoms with Crippen molar-refractivity contribution in [3.63, 3.8) is 0 Å². The number of nitrogens with zero attached hydrogens (tertiary/aromatic N) is 1. The van der Waals surface area contributed by atoms with Crippen molar-refractivity contribution in [3.8, 4) is 0 Å². The molecule has 118 valence electrons. The van der Waals surface area contributed by atoms with Crippen molar-refractivity contribution >= 4 is 16.3 Å². The summed E-state index contributed by atoms with van der Waals surface area (Å²) in [6, 6.07) is -0.211. The molecule has 0 aromatic rings. The Labute approximate surface area is 121 Å². The smallest absolute Gasteiger partial charge is 0.421 e. The first-order chi connectivity index (χ1) is 9.36. The molecule has 0 radical (unpaired) electrons. The van der Waals surface area contributed by atoms with Crippen LogP contribution in [0.25, 0.3) is 0 Å². The number of nitrogens with one attached hydrogen (secondary N) is 2.